The van der Waals surface area contributed by atoms with E-state index in [1.165, 1.54) is 0 Å². The summed E-state index contributed by atoms with van der Waals surface area (Å²) in [6, 6.07) is 2.97. The van der Waals surface area contributed by atoms with E-state index >= 15 is 0 Å². The van der Waals surface area contributed by atoms with E-state index in [4.69, 9.17) is 14.2 Å². The molecule has 178 valence electrons. The van der Waals surface area contributed by atoms with Crippen molar-refractivity contribution in [2.45, 2.75) is 84.3 Å². The predicted octanol–water partition coefficient (Wildman–Crippen LogP) is 5.73. The van der Waals surface area contributed by atoms with Crippen molar-refractivity contribution in [3.05, 3.63) is 22.0 Å². The normalized spacial score (nSPS) is 19.6. The van der Waals surface area contributed by atoms with Crippen LogP contribution in [-0.4, -0.2) is 59.5 Å². The maximum absolute atomic E-state index is 12.5. The second-order valence-corrected chi connectivity index (χ2v) is 17.4. The summed E-state index contributed by atoms with van der Waals surface area (Å²) in [5, 5.41) is 0.991. The lowest BCUT2D eigenvalue weighted by atomic mass is 10.2. The molecule has 2 aromatic heterocycles. The average molecular weight is 574 g/mol. The van der Waals surface area contributed by atoms with E-state index in [0.29, 0.717) is 13.3 Å². The first kappa shape index (κ1) is 25.3. The van der Waals surface area contributed by atoms with Crippen LogP contribution >= 0.6 is 22.6 Å². The number of ether oxygens (including phenoxy) is 3. The third kappa shape index (κ3) is 6.38. The highest BCUT2D eigenvalue weighted by molar-refractivity contribution is 14.1. The number of nitrogens with zero attached hydrogens (tertiary/aromatic N) is 3. The number of halogens is 1. The molecule has 0 spiro atoms. The molecule has 2 atom stereocenters. The van der Waals surface area contributed by atoms with Crippen LogP contribution in [-0.2, 0) is 16.2 Å². The molecule has 3 heterocycles. The van der Waals surface area contributed by atoms with Crippen molar-refractivity contribution in [1.82, 2.24) is 14.5 Å². The van der Waals surface area contributed by atoms with Crippen LogP contribution in [0, 0.1) is 3.57 Å². The van der Waals surface area contributed by atoms with Gasteiger partial charge in [0.2, 0.25) is 0 Å². The lowest BCUT2D eigenvalue weighted by molar-refractivity contribution is 0.0193. The second-order valence-electron chi connectivity index (χ2n) is 10.7. The van der Waals surface area contributed by atoms with Crippen LogP contribution in [0.2, 0.25) is 25.7 Å². The molecule has 1 fully saturated rings. The molecule has 1 aliphatic rings. The average Bonchev–Trinajstić information content (AvgIpc) is 3.18. The summed E-state index contributed by atoms with van der Waals surface area (Å²) in [6.45, 7) is 16.6. The van der Waals surface area contributed by atoms with Crippen LogP contribution in [0.4, 0.5) is 4.79 Å². The Balaban J connectivity index is 1.70. The van der Waals surface area contributed by atoms with Crippen molar-refractivity contribution in [2.24, 2.45) is 0 Å². The summed E-state index contributed by atoms with van der Waals surface area (Å²) >= 11 is 2.33. The van der Waals surface area contributed by atoms with Crippen molar-refractivity contribution in [3.63, 3.8) is 0 Å². The fourth-order valence-electron chi connectivity index (χ4n) is 3.69. The van der Waals surface area contributed by atoms with E-state index < -0.39 is 13.7 Å². The molecule has 0 saturated carbocycles. The van der Waals surface area contributed by atoms with Gasteiger partial charge in [-0.05, 0) is 62.4 Å². The Morgan fingerprint density at radius 3 is 2.69 bits per heavy atom. The second kappa shape index (κ2) is 9.88. The minimum Gasteiger partial charge on any atom is -0.487 e. The maximum Gasteiger partial charge on any atom is 0.410 e. The molecule has 0 bridgehead atoms. The summed E-state index contributed by atoms with van der Waals surface area (Å²) in [5.74, 6) is 0.795. The van der Waals surface area contributed by atoms with Gasteiger partial charge in [0.05, 0.1) is 11.4 Å². The first-order valence-electron chi connectivity index (χ1n) is 11.2. The molecule has 0 radical (unpaired) electrons. The summed E-state index contributed by atoms with van der Waals surface area (Å²) in [5.41, 5.74) is 0.345. The molecular formula is C23H36IN3O4Si. The number of carbonyl (C=O) groups excluding carboxylic acids is 1. The minimum absolute atomic E-state index is 0.0716. The van der Waals surface area contributed by atoms with Gasteiger partial charge in [0, 0.05) is 43.6 Å². The first-order chi connectivity index (χ1) is 14.9. The molecule has 7 nitrogen and oxygen atoms in total. The van der Waals surface area contributed by atoms with Crippen LogP contribution in [0.25, 0.3) is 11.0 Å². The molecule has 1 saturated heterocycles. The number of hydrogen-bond donors (Lipinski definition) is 0. The molecule has 1 aliphatic heterocycles. The largest absolute Gasteiger partial charge is 0.487 e. The van der Waals surface area contributed by atoms with Gasteiger partial charge in [-0.15, -0.1) is 0 Å². The van der Waals surface area contributed by atoms with Crippen LogP contribution in [0.3, 0.4) is 0 Å². The Labute approximate surface area is 205 Å². The van der Waals surface area contributed by atoms with Gasteiger partial charge in [0.15, 0.2) is 0 Å². The SMILES string of the molecule is C[C@@H]1[C@H](Oc2ccnc3c2c(I)cn3COCC[Si](C)(C)C)CCN1C(=O)OC(C)(C)C. The van der Waals surface area contributed by atoms with Gasteiger partial charge < -0.3 is 23.7 Å². The zero-order chi connectivity index (χ0) is 23.7. The highest BCUT2D eigenvalue weighted by Crippen LogP contribution is 2.33. The van der Waals surface area contributed by atoms with Crippen molar-refractivity contribution in [3.8, 4) is 5.75 Å². The first-order valence-corrected chi connectivity index (χ1v) is 16.0. The van der Waals surface area contributed by atoms with E-state index in [1.807, 2.05) is 38.3 Å². The van der Waals surface area contributed by atoms with Gasteiger partial charge in [-0.2, -0.15) is 0 Å². The molecule has 32 heavy (non-hydrogen) atoms. The summed E-state index contributed by atoms with van der Waals surface area (Å²) in [6.07, 6.45) is 4.22. The topological polar surface area (TPSA) is 65.8 Å². The number of carbonyl (C=O) groups is 1. The number of fused-ring (bicyclic) bond motifs is 1. The smallest absolute Gasteiger partial charge is 0.410 e. The quantitative estimate of drug-likeness (QED) is 0.241. The lowest BCUT2D eigenvalue weighted by Crippen LogP contribution is -2.42. The van der Waals surface area contributed by atoms with Crippen molar-refractivity contribution in [1.29, 1.82) is 0 Å². The van der Waals surface area contributed by atoms with Gasteiger partial charge in [0.25, 0.3) is 0 Å². The molecule has 0 aliphatic carbocycles. The van der Waals surface area contributed by atoms with Crippen LogP contribution in [0.1, 0.15) is 34.1 Å². The molecular weight excluding hydrogens is 537 g/mol. The number of hydrogen-bond acceptors (Lipinski definition) is 5. The Hall–Kier alpha value is -1.33. The molecule has 0 aromatic carbocycles. The third-order valence-corrected chi connectivity index (χ3v) is 8.01. The number of pyridine rings is 1. The Morgan fingerprint density at radius 1 is 1.31 bits per heavy atom. The van der Waals surface area contributed by atoms with Crippen LogP contribution in [0.5, 0.6) is 5.75 Å². The van der Waals surface area contributed by atoms with E-state index in [1.54, 1.807) is 11.1 Å². The summed E-state index contributed by atoms with van der Waals surface area (Å²) in [4.78, 5) is 18.9. The Kier molecular flexibility index (Phi) is 7.81. The standard InChI is InChI=1S/C23H36IN3O4Si/c1-16-18(9-11-27(16)22(28)31-23(2,3)4)30-19-8-10-25-21-20(19)17(24)14-26(21)15-29-12-13-32(5,6)7/h8,10,14,16,18H,9,11-13,15H2,1-7H3/t16-,18-/m1/s1. The summed E-state index contributed by atoms with van der Waals surface area (Å²) < 4.78 is 21.0. The fourth-order valence-corrected chi connectivity index (χ4v) is 5.29. The number of amides is 1. The Morgan fingerprint density at radius 2 is 2.03 bits per heavy atom. The van der Waals surface area contributed by atoms with Gasteiger partial charge >= 0.3 is 6.09 Å². The maximum atomic E-state index is 12.5. The zero-order valence-corrected chi connectivity index (χ0v) is 23.4. The molecule has 3 rings (SSSR count). The summed E-state index contributed by atoms with van der Waals surface area (Å²) in [7, 11) is -1.12. The molecule has 1 amide bonds. The molecule has 9 heteroatoms. The van der Waals surface area contributed by atoms with Gasteiger partial charge in [0.1, 0.15) is 29.8 Å². The Bertz CT molecular complexity index is 951. The minimum atomic E-state index is -1.12. The zero-order valence-electron chi connectivity index (χ0n) is 20.3. The highest BCUT2D eigenvalue weighted by atomic mass is 127. The van der Waals surface area contributed by atoms with Gasteiger partial charge in [-0.1, -0.05) is 19.6 Å². The predicted molar refractivity (Wildman–Crippen MR) is 138 cm³/mol. The molecule has 0 N–H and O–H groups in total. The number of likely N-dealkylation sites (tertiary alicyclic amines) is 1. The van der Waals surface area contributed by atoms with Gasteiger partial charge in [-0.25, -0.2) is 9.78 Å². The van der Waals surface area contributed by atoms with Crippen LogP contribution < -0.4 is 4.74 Å². The van der Waals surface area contributed by atoms with Crippen molar-refractivity contribution < 1.29 is 19.0 Å². The van der Waals surface area contributed by atoms with Crippen LogP contribution in [0.15, 0.2) is 18.5 Å². The van der Waals surface area contributed by atoms with E-state index in [2.05, 4.69) is 53.4 Å². The van der Waals surface area contributed by atoms with E-state index in [-0.39, 0.29) is 18.2 Å². The van der Waals surface area contributed by atoms with Crippen molar-refractivity contribution >= 4 is 47.8 Å². The monoisotopic (exact) mass is 573 g/mol. The van der Waals surface area contributed by atoms with Gasteiger partial charge in [-0.3, -0.25) is 0 Å². The fraction of sp³-hybridized carbons (Fsp3) is 0.652. The van der Waals surface area contributed by atoms with E-state index in [9.17, 15) is 4.79 Å². The van der Waals surface area contributed by atoms with Crippen molar-refractivity contribution in [2.75, 3.05) is 13.2 Å². The number of aromatic nitrogens is 2. The highest BCUT2D eigenvalue weighted by Gasteiger charge is 2.38. The molecule has 2 aromatic rings. The third-order valence-electron chi connectivity index (χ3n) is 5.49. The van der Waals surface area contributed by atoms with E-state index in [0.717, 1.165) is 39.4 Å². The lowest BCUT2D eigenvalue weighted by Gasteiger charge is -2.28. The number of rotatable bonds is 7. The molecule has 0 unspecified atom stereocenters.